The molecule has 0 amide bonds. The van der Waals surface area contributed by atoms with Gasteiger partial charge in [0.2, 0.25) is 0 Å². The van der Waals surface area contributed by atoms with Gasteiger partial charge in [-0.2, -0.15) is 0 Å². The molecule has 0 aliphatic heterocycles. The monoisotopic (exact) mass is 266 g/mol. The third-order valence-corrected chi connectivity index (χ3v) is 4.98. The molecule has 100 valence electrons. The van der Waals surface area contributed by atoms with E-state index < -0.39 is 0 Å². The molecule has 2 nitrogen and oxygen atoms in total. The summed E-state index contributed by atoms with van der Waals surface area (Å²) in [5, 5.41) is 0.239. The van der Waals surface area contributed by atoms with Crippen LogP contribution < -0.4 is 5.73 Å². The van der Waals surface area contributed by atoms with E-state index in [0.29, 0.717) is 11.7 Å². The summed E-state index contributed by atoms with van der Waals surface area (Å²) < 4.78 is 0. The zero-order valence-corrected chi connectivity index (χ0v) is 12.2. The molecule has 1 fully saturated rings. The first-order valence-electron chi connectivity index (χ1n) is 6.78. The fourth-order valence-corrected chi connectivity index (χ4v) is 4.03. The van der Waals surface area contributed by atoms with Crippen molar-refractivity contribution in [2.75, 3.05) is 5.73 Å². The maximum Gasteiger partial charge on any atom is 0.127 e. The minimum absolute atomic E-state index is 0.00903. The Kier molecular flexibility index (Phi) is 3.86. The lowest BCUT2D eigenvalue weighted by molar-refractivity contribution is 0.208. The molecule has 0 bridgehead atoms. The molecule has 18 heavy (non-hydrogen) atoms. The topological polar surface area (TPSA) is 38.9 Å². The van der Waals surface area contributed by atoms with Gasteiger partial charge in [0.1, 0.15) is 5.82 Å². The Morgan fingerprint density at radius 2 is 2.11 bits per heavy atom. The number of alkyl halides is 1. The standard InChI is InChI=1S/C15H23ClN2/c1-10-6-7-11(13(16)9-10)15(2,3)12-5-4-8-18-14(12)17/h4-5,8,10-11,13H,6-7,9H2,1-3H3,(H2,17,18). The first-order valence-corrected chi connectivity index (χ1v) is 7.21. The Morgan fingerprint density at radius 3 is 2.72 bits per heavy atom. The average molecular weight is 267 g/mol. The number of nitrogens with zero attached hydrogens (tertiary/aromatic N) is 1. The van der Waals surface area contributed by atoms with Crippen LogP contribution in [0.2, 0.25) is 0 Å². The molecule has 0 spiro atoms. The van der Waals surface area contributed by atoms with Crippen molar-refractivity contribution in [3.63, 3.8) is 0 Å². The maximum absolute atomic E-state index is 6.60. The summed E-state index contributed by atoms with van der Waals surface area (Å²) in [6, 6.07) is 4.05. The molecule has 1 aromatic heterocycles. The van der Waals surface area contributed by atoms with E-state index in [-0.39, 0.29) is 10.8 Å². The number of nitrogens with two attached hydrogens (primary N) is 1. The van der Waals surface area contributed by atoms with Gasteiger partial charge < -0.3 is 5.73 Å². The molecule has 1 heterocycles. The van der Waals surface area contributed by atoms with Crippen molar-refractivity contribution < 1.29 is 0 Å². The second-order valence-electron chi connectivity index (χ2n) is 6.20. The van der Waals surface area contributed by atoms with E-state index >= 15 is 0 Å². The minimum atomic E-state index is -0.00903. The Hall–Kier alpha value is -0.760. The highest BCUT2D eigenvalue weighted by atomic mass is 35.5. The molecule has 2 N–H and O–H groups in total. The van der Waals surface area contributed by atoms with Crippen molar-refractivity contribution in [2.45, 2.75) is 50.8 Å². The van der Waals surface area contributed by atoms with Gasteiger partial charge >= 0.3 is 0 Å². The summed E-state index contributed by atoms with van der Waals surface area (Å²) in [6.07, 6.45) is 5.29. The number of aromatic nitrogens is 1. The van der Waals surface area contributed by atoms with Crippen LogP contribution >= 0.6 is 11.6 Å². The fourth-order valence-electron chi connectivity index (χ4n) is 3.29. The maximum atomic E-state index is 6.60. The normalized spacial score (nSPS) is 29.2. The van der Waals surface area contributed by atoms with E-state index in [1.54, 1.807) is 6.20 Å². The van der Waals surface area contributed by atoms with Crippen molar-refractivity contribution in [3.05, 3.63) is 23.9 Å². The number of nitrogen functional groups attached to an aromatic ring is 1. The number of hydrogen-bond acceptors (Lipinski definition) is 2. The van der Waals surface area contributed by atoms with Crippen LogP contribution in [-0.4, -0.2) is 10.4 Å². The van der Waals surface area contributed by atoms with E-state index in [2.05, 4.69) is 31.8 Å². The third kappa shape index (κ3) is 2.49. The SMILES string of the molecule is CC1CCC(C(C)(C)c2cccnc2N)C(Cl)C1. The molecule has 3 atom stereocenters. The van der Waals surface area contributed by atoms with Crippen LogP contribution in [0.15, 0.2) is 18.3 Å². The first kappa shape index (κ1) is 13.7. The molecule has 1 saturated carbocycles. The Morgan fingerprint density at radius 1 is 1.39 bits per heavy atom. The average Bonchev–Trinajstić information content (AvgIpc) is 2.28. The van der Waals surface area contributed by atoms with Crippen molar-refractivity contribution in [1.82, 2.24) is 4.98 Å². The largest absolute Gasteiger partial charge is 0.383 e. The third-order valence-electron chi connectivity index (χ3n) is 4.49. The molecule has 3 unspecified atom stereocenters. The van der Waals surface area contributed by atoms with E-state index in [1.165, 1.54) is 12.8 Å². The minimum Gasteiger partial charge on any atom is -0.383 e. The van der Waals surface area contributed by atoms with E-state index in [4.69, 9.17) is 17.3 Å². The molecule has 2 rings (SSSR count). The van der Waals surface area contributed by atoms with Gasteiger partial charge in [-0.1, -0.05) is 33.3 Å². The highest BCUT2D eigenvalue weighted by molar-refractivity contribution is 6.20. The van der Waals surface area contributed by atoms with E-state index in [0.717, 1.165) is 17.9 Å². The number of anilines is 1. The lowest BCUT2D eigenvalue weighted by Gasteiger charge is -2.42. The second kappa shape index (κ2) is 5.08. The molecule has 1 aliphatic carbocycles. The summed E-state index contributed by atoms with van der Waals surface area (Å²) in [5.74, 6) is 1.86. The van der Waals surface area contributed by atoms with Crippen LogP contribution in [0.25, 0.3) is 0 Å². The second-order valence-corrected chi connectivity index (χ2v) is 6.76. The van der Waals surface area contributed by atoms with Crippen LogP contribution in [0.3, 0.4) is 0 Å². The van der Waals surface area contributed by atoms with Crippen molar-refractivity contribution in [1.29, 1.82) is 0 Å². The van der Waals surface area contributed by atoms with Crippen molar-refractivity contribution in [2.24, 2.45) is 11.8 Å². The molecular weight excluding hydrogens is 244 g/mol. The van der Waals surface area contributed by atoms with Crippen LogP contribution in [0.5, 0.6) is 0 Å². The molecule has 0 saturated heterocycles. The van der Waals surface area contributed by atoms with Crippen LogP contribution in [-0.2, 0) is 5.41 Å². The lowest BCUT2D eigenvalue weighted by atomic mass is 9.65. The van der Waals surface area contributed by atoms with Gasteiger partial charge in [-0.3, -0.25) is 0 Å². The highest BCUT2D eigenvalue weighted by Gasteiger charge is 2.40. The fraction of sp³-hybridized carbons (Fsp3) is 0.667. The van der Waals surface area contributed by atoms with E-state index in [1.807, 2.05) is 6.07 Å². The number of hydrogen-bond donors (Lipinski definition) is 1. The summed E-state index contributed by atoms with van der Waals surface area (Å²) in [6.45, 7) is 6.78. The summed E-state index contributed by atoms with van der Waals surface area (Å²) >= 11 is 6.60. The Balaban J connectivity index is 2.28. The summed E-state index contributed by atoms with van der Waals surface area (Å²) in [7, 11) is 0. The van der Waals surface area contributed by atoms with Crippen LogP contribution in [0, 0.1) is 11.8 Å². The number of pyridine rings is 1. The van der Waals surface area contributed by atoms with Gasteiger partial charge in [0.25, 0.3) is 0 Å². The summed E-state index contributed by atoms with van der Waals surface area (Å²) in [5.41, 5.74) is 7.16. The molecule has 3 heteroatoms. The van der Waals surface area contributed by atoms with Gasteiger partial charge in [0, 0.05) is 17.1 Å². The zero-order chi connectivity index (χ0) is 13.3. The van der Waals surface area contributed by atoms with Gasteiger partial charge in [-0.25, -0.2) is 4.98 Å². The predicted octanol–water partition coefficient (Wildman–Crippen LogP) is 3.99. The zero-order valence-electron chi connectivity index (χ0n) is 11.5. The highest BCUT2D eigenvalue weighted by Crippen LogP contribution is 2.45. The van der Waals surface area contributed by atoms with Gasteiger partial charge in [-0.05, 0) is 36.2 Å². The van der Waals surface area contributed by atoms with Crippen LogP contribution in [0.4, 0.5) is 5.82 Å². The van der Waals surface area contributed by atoms with Crippen LogP contribution in [0.1, 0.15) is 45.6 Å². The molecule has 1 aromatic rings. The summed E-state index contributed by atoms with van der Waals surface area (Å²) in [4.78, 5) is 4.21. The lowest BCUT2D eigenvalue weighted by Crippen LogP contribution is -2.39. The van der Waals surface area contributed by atoms with Gasteiger partial charge in [0.05, 0.1) is 0 Å². The van der Waals surface area contributed by atoms with Gasteiger partial charge in [0.15, 0.2) is 0 Å². The Bertz CT molecular complexity index is 417. The molecular formula is C15H23ClN2. The number of halogens is 1. The van der Waals surface area contributed by atoms with Gasteiger partial charge in [-0.15, -0.1) is 11.6 Å². The smallest absolute Gasteiger partial charge is 0.127 e. The molecule has 1 aliphatic rings. The number of rotatable bonds is 2. The quantitative estimate of drug-likeness (QED) is 0.822. The molecule has 0 aromatic carbocycles. The first-order chi connectivity index (χ1) is 8.43. The Labute approximate surface area is 115 Å². The molecule has 0 radical (unpaired) electrons. The van der Waals surface area contributed by atoms with Crippen molar-refractivity contribution in [3.8, 4) is 0 Å². The predicted molar refractivity (Wildman–Crippen MR) is 77.8 cm³/mol. The van der Waals surface area contributed by atoms with E-state index in [9.17, 15) is 0 Å². The van der Waals surface area contributed by atoms with Crippen molar-refractivity contribution >= 4 is 17.4 Å².